The summed E-state index contributed by atoms with van der Waals surface area (Å²) in [6, 6.07) is 8.07. The Hall–Kier alpha value is -2.30. The first-order chi connectivity index (χ1) is 9.22. The fourth-order valence-electron chi connectivity index (χ4n) is 1.98. The number of nitrogens with one attached hydrogen (secondary N) is 2. The van der Waals surface area contributed by atoms with Crippen LogP contribution in [0.5, 0.6) is 0 Å². The fraction of sp³-hybridized carbons (Fsp3) is 0.286. The minimum atomic E-state index is -0.855. The molecule has 2 aromatic rings. The number of aromatic nitrogens is 1. The summed E-state index contributed by atoms with van der Waals surface area (Å²) >= 11 is 0. The predicted octanol–water partition coefficient (Wildman–Crippen LogP) is 1.39. The van der Waals surface area contributed by atoms with Gasteiger partial charge in [-0.3, -0.25) is 4.79 Å². The number of benzene rings is 1. The Labute approximate surface area is 110 Å². The molecule has 5 heteroatoms. The molecule has 0 unspecified atom stereocenters. The number of rotatable bonds is 4. The van der Waals surface area contributed by atoms with E-state index in [1.165, 1.54) is 18.1 Å². The summed E-state index contributed by atoms with van der Waals surface area (Å²) in [5.74, 6) is -1.55. The SMILES string of the molecule is COC(=O)C(=O)NCCCc1c[nH]c2ccccc12. The third-order valence-corrected chi connectivity index (χ3v) is 2.95. The second-order valence-corrected chi connectivity index (χ2v) is 4.21. The number of aryl methyl sites for hydroxylation is 1. The number of methoxy groups -OCH3 is 1. The Bertz CT molecular complexity index is 589. The lowest BCUT2D eigenvalue weighted by Crippen LogP contribution is -2.32. The monoisotopic (exact) mass is 260 g/mol. The average molecular weight is 260 g/mol. The summed E-state index contributed by atoms with van der Waals surface area (Å²) in [5.41, 5.74) is 2.32. The van der Waals surface area contributed by atoms with Crippen molar-refractivity contribution in [3.05, 3.63) is 36.0 Å². The summed E-state index contributed by atoms with van der Waals surface area (Å²) in [4.78, 5) is 25.2. The van der Waals surface area contributed by atoms with Crippen LogP contribution in [0.25, 0.3) is 10.9 Å². The third-order valence-electron chi connectivity index (χ3n) is 2.95. The Kier molecular flexibility index (Phi) is 4.18. The standard InChI is InChI=1S/C14H16N2O3/c1-19-14(18)13(17)15-8-4-5-10-9-16-12-7-3-2-6-11(10)12/h2-3,6-7,9,16H,4-5,8H2,1H3,(H,15,17). The second-order valence-electron chi connectivity index (χ2n) is 4.21. The average Bonchev–Trinajstić information content (AvgIpc) is 2.86. The first-order valence-electron chi connectivity index (χ1n) is 6.13. The van der Waals surface area contributed by atoms with Crippen molar-refractivity contribution >= 4 is 22.8 Å². The van der Waals surface area contributed by atoms with Crippen LogP contribution in [0.3, 0.4) is 0 Å². The van der Waals surface area contributed by atoms with Crippen LogP contribution in [-0.4, -0.2) is 30.5 Å². The second kappa shape index (κ2) is 6.04. The molecule has 5 nitrogen and oxygen atoms in total. The predicted molar refractivity (Wildman–Crippen MR) is 71.6 cm³/mol. The van der Waals surface area contributed by atoms with E-state index in [2.05, 4.69) is 21.1 Å². The molecule has 1 amide bonds. The van der Waals surface area contributed by atoms with Crippen LogP contribution in [0.15, 0.2) is 30.5 Å². The molecule has 0 aliphatic heterocycles. The van der Waals surface area contributed by atoms with Crippen LogP contribution >= 0.6 is 0 Å². The Morgan fingerprint density at radius 1 is 1.32 bits per heavy atom. The number of carbonyl (C=O) groups is 2. The summed E-state index contributed by atoms with van der Waals surface area (Å²) < 4.78 is 4.32. The summed E-state index contributed by atoms with van der Waals surface area (Å²) in [6.45, 7) is 0.452. The molecular formula is C14H16N2O3. The molecule has 2 rings (SSSR count). The highest BCUT2D eigenvalue weighted by Gasteiger charge is 2.12. The molecule has 0 aliphatic rings. The van der Waals surface area contributed by atoms with Crippen molar-refractivity contribution in [1.82, 2.24) is 10.3 Å². The maximum atomic E-state index is 11.2. The van der Waals surface area contributed by atoms with Gasteiger partial charge in [0.15, 0.2) is 0 Å². The molecule has 0 atom stereocenters. The molecule has 1 aromatic carbocycles. The number of para-hydroxylation sites is 1. The van der Waals surface area contributed by atoms with Gasteiger partial charge in [0.2, 0.25) is 0 Å². The zero-order valence-electron chi connectivity index (χ0n) is 10.7. The fourth-order valence-corrected chi connectivity index (χ4v) is 1.98. The van der Waals surface area contributed by atoms with E-state index in [0.717, 1.165) is 18.4 Å². The van der Waals surface area contributed by atoms with Crippen LogP contribution in [0.1, 0.15) is 12.0 Å². The quantitative estimate of drug-likeness (QED) is 0.496. The highest BCUT2D eigenvalue weighted by molar-refractivity contribution is 6.32. The van der Waals surface area contributed by atoms with E-state index in [1.807, 2.05) is 24.4 Å². The molecule has 19 heavy (non-hydrogen) atoms. The van der Waals surface area contributed by atoms with Crippen LogP contribution in [0, 0.1) is 0 Å². The number of fused-ring (bicyclic) bond motifs is 1. The minimum absolute atomic E-state index is 0.452. The summed E-state index contributed by atoms with van der Waals surface area (Å²) in [7, 11) is 1.19. The van der Waals surface area contributed by atoms with Gasteiger partial charge >= 0.3 is 11.9 Å². The Morgan fingerprint density at radius 2 is 2.11 bits per heavy atom. The topological polar surface area (TPSA) is 71.2 Å². The van der Waals surface area contributed by atoms with Crippen molar-refractivity contribution < 1.29 is 14.3 Å². The van der Waals surface area contributed by atoms with Gasteiger partial charge < -0.3 is 15.0 Å². The van der Waals surface area contributed by atoms with Crippen molar-refractivity contribution in [2.24, 2.45) is 0 Å². The molecule has 0 saturated heterocycles. The van der Waals surface area contributed by atoms with Gasteiger partial charge in [-0.05, 0) is 24.5 Å². The van der Waals surface area contributed by atoms with Crippen molar-refractivity contribution in [2.75, 3.05) is 13.7 Å². The van der Waals surface area contributed by atoms with Crippen molar-refractivity contribution in [3.8, 4) is 0 Å². The van der Waals surface area contributed by atoms with Gasteiger partial charge in [-0.1, -0.05) is 18.2 Å². The van der Waals surface area contributed by atoms with Crippen LogP contribution in [0.4, 0.5) is 0 Å². The molecule has 2 N–H and O–H groups in total. The third kappa shape index (κ3) is 3.13. The molecule has 0 bridgehead atoms. The number of aromatic amines is 1. The van der Waals surface area contributed by atoms with Gasteiger partial charge in [0.1, 0.15) is 0 Å². The zero-order chi connectivity index (χ0) is 13.7. The molecule has 1 aromatic heterocycles. The lowest BCUT2D eigenvalue weighted by molar-refractivity contribution is -0.152. The normalized spacial score (nSPS) is 10.4. The molecule has 0 aliphatic carbocycles. The van der Waals surface area contributed by atoms with Gasteiger partial charge in [-0.2, -0.15) is 0 Å². The van der Waals surface area contributed by atoms with E-state index in [4.69, 9.17) is 0 Å². The van der Waals surface area contributed by atoms with E-state index >= 15 is 0 Å². The number of esters is 1. The van der Waals surface area contributed by atoms with Gasteiger partial charge in [0.25, 0.3) is 0 Å². The molecular weight excluding hydrogens is 244 g/mol. The molecule has 0 fully saturated rings. The lowest BCUT2D eigenvalue weighted by Gasteiger charge is -2.03. The Balaban J connectivity index is 1.83. The molecule has 1 heterocycles. The van der Waals surface area contributed by atoms with Crippen molar-refractivity contribution in [3.63, 3.8) is 0 Å². The molecule has 0 spiro atoms. The highest BCUT2D eigenvalue weighted by Crippen LogP contribution is 2.18. The number of ether oxygens (including phenoxy) is 1. The van der Waals surface area contributed by atoms with Crippen molar-refractivity contribution in [1.29, 1.82) is 0 Å². The largest absolute Gasteiger partial charge is 0.462 e. The molecule has 0 saturated carbocycles. The van der Waals surface area contributed by atoms with Crippen molar-refractivity contribution in [2.45, 2.75) is 12.8 Å². The number of hydrogen-bond acceptors (Lipinski definition) is 3. The smallest absolute Gasteiger partial charge is 0.396 e. The van der Waals surface area contributed by atoms with Gasteiger partial charge in [-0.25, -0.2) is 4.79 Å². The van der Waals surface area contributed by atoms with Crippen LogP contribution in [0.2, 0.25) is 0 Å². The number of amides is 1. The van der Waals surface area contributed by atoms with Gasteiger partial charge in [0, 0.05) is 23.6 Å². The number of carbonyl (C=O) groups excluding carboxylic acids is 2. The zero-order valence-corrected chi connectivity index (χ0v) is 10.7. The highest BCUT2D eigenvalue weighted by atomic mass is 16.5. The summed E-state index contributed by atoms with van der Waals surface area (Å²) in [6.07, 6.45) is 3.59. The van der Waals surface area contributed by atoms with E-state index in [1.54, 1.807) is 0 Å². The maximum absolute atomic E-state index is 11.2. The van der Waals surface area contributed by atoms with Crippen LogP contribution < -0.4 is 5.32 Å². The maximum Gasteiger partial charge on any atom is 0.396 e. The minimum Gasteiger partial charge on any atom is -0.462 e. The van der Waals surface area contributed by atoms with E-state index in [9.17, 15) is 9.59 Å². The first-order valence-corrected chi connectivity index (χ1v) is 6.13. The van der Waals surface area contributed by atoms with Gasteiger partial charge in [0.05, 0.1) is 7.11 Å². The molecule has 100 valence electrons. The molecule has 0 radical (unpaired) electrons. The lowest BCUT2D eigenvalue weighted by atomic mass is 10.1. The Morgan fingerprint density at radius 3 is 2.89 bits per heavy atom. The van der Waals surface area contributed by atoms with E-state index in [-0.39, 0.29) is 0 Å². The van der Waals surface area contributed by atoms with E-state index in [0.29, 0.717) is 6.54 Å². The summed E-state index contributed by atoms with van der Waals surface area (Å²) in [5, 5.41) is 3.72. The number of H-pyrrole nitrogens is 1. The first kappa shape index (κ1) is 13.1. The van der Waals surface area contributed by atoms with E-state index < -0.39 is 11.9 Å². The van der Waals surface area contributed by atoms with Crippen LogP contribution in [-0.2, 0) is 20.7 Å². The van der Waals surface area contributed by atoms with Gasteiger partial charge in [-0.15, -0.1) is 0 Å². The number of hydrogen-bond donors (Lipinski definition) is 2.